The predicted molar refractivity (Wildman–Crippen MR) is 86.2 cm³/mol. The summed E-state index contributed by atoms with van der Waals surface area (Å²) in [6.07, 6.45) is 1.10. The van der Waals surface area contributed by atoms with Gasteiger partial charge in [-0.25, -0.2) is 0 Å². The summed E-state index contributed by atoms with van der Waals surface area (Å²) in [5, 5.41) is 21.7. The third-order valence-electron chi connectivity index (χ3n) is 2.97. The maximum absolute atomic E-state index is 9.97. The molecule has 0 aliphatic carbocycles. The van der Waals surface area contributed by atoms with E-state index in [-0.39, 0.29) is 12.1 Å². The normalized spacial score (nSPS) is 13.3. The molecule has 0 bridgehead atoms. The Labute approximate surface area is 129 Å². The van der Waals surface area contributed by atoms with Gasteiger partial charge >= 0.3 is 0 Å². The van der Waals surface area contributed by atoms with Crippen LogP contribution in [0, 0.1) is 4.64 Å². The minimum Gasteiger partial charge on any atom is -0.490 e. The number of ether oxygens (including phenoxy) is 1. The Bertz CT molecular complexity index is 664. The van der Waals surface area contributed by atoms with Crippen molar-refractivity contribution in [3.63, 3.8) is 0 Å². The van der Waals surface area contributed by atoms with Gasteiger partial charge in [0.25, 0.3) is 0 Å². The average Bonchev–Trinajstić information content (AvgIpc) is 2.42. The third-order valence-corrected chi connectivity index (χ3v) is 3.28. The van der Waals surface area contributed by atoms with Gasteiger partial charge < -0.3 is 15.2 Å². The summed E-state index contributed by atoms with van der Waals surface area (Å²) in [4.78, 5) is 0. The van der Waals surface area contributed by atoms with Crippen molar-refractivity contribution in [2.45, 2.75) is 32.4 Å². The molecule has 0 spiro atoms. The van der Waals surface area contributed by atoms with Crippen molar-refractivity contribution in [1.82, 2.24) is 15.5 Å². The van der Waals surface area contributed by atoms with E-state index in [9.17, 15) is 5.11 Å². The molecule has 3 N–H and O–H groups in total. The second kappa shape index (κ2) is 6.51. The zero-order valence-electron chi connectivity index (χ0n) is 12.5. The molecule has 2 aromatic rings. The van der Waals surface area contributed by atoms with Crippen LogP contribution in [0.15, 0.2) is 24.4 Å². The van der Waals surface area contributed by atoms with Crippen molar-refractivity contribution in [3.05, 3.63) is 29.0 Å². The van der Waals surface area contributed by atoms with Gasteiger partial charge in [0.2, 0.25) is 0 Å². The molecule has 1 heterocycles. The Hall–Kier alpha value is -1.50. The van der Waals surface area contributed by atoms with Crippen molar-refractivity contribution in [1.29, 1.82) is 0 Å². The van der Waals surface area contributed by atoms with E-state index in [1.165, 1.54) is 0 Å². The number of aliphatic hydroxyl groups excluding tert-OH is 1. The Morgan fingerprint density at radius 3 is 2.86 bits per heavy atom. The molecular weight excluding hydrogens is 286 g/mol. The number of β-amino-alcohol motifs (C(OH)–C–C–N with tert-alkyl or cyclic N) is 1. The van der Waals surface area contributed by atoms with Gasteiger partial charge in [0, 0.05) is 22.9 Å². The molecule has 1 unspecified atom stereocenters. The molecule has 6 heteroatoms. The van der Waals surface area contributed by atoms with E-state index >= 15 is 0 Å². The Kier molecular flexibility index (Phi) is 4.92. The number of hydrogen-bond acceptors (Lipinski definition) is 5. The molecule has 5 nitrogen and oxygen atoms in total. The molecule has 1 atom stereocenters. The van der Waals surface area contributed by atoms with Crippen LogP contribution in [0.3, 0.4) is 0 Å². The minimum absolute atomic E-state index is 0.0304. The first-order valence-electron chi connectivity index (χ1n) is 6.89. The second-order valence-corrected chi connectivity index (χ2v) is 6.42. The lowest BCUT2D eigenvalue weighted by Crippen LogP contribution is -2.42. The summed E-state index contributed by atoms with van der Waals surface area (Å²) in [6, 6.07) is 5.64. The lowest BCUT2D eigenvalue weighted by molar-refractivity contribution is 0.101. The van der Waals surface area contributed by atoms with Crippen molar-refractivity contribution >= 4 is 23.0 Å². The number of H-pyrrole nitrogens is 1. The molecular formula is C15H21N3O2S. The van der Waals surface area contributed by atoms with E-state index in [0.29, 0.717) is 16.9 Å². The highest BCUT2D eigenvalue weighted by atomic mass is 32.1. The number of aromatic nitrogens is 2. The average molecular weight is 307 g/mol. The number of rotatable bonds is 5. The molecule has 0 radical (unpaired) electrons. The lowest BCUT2D eigenvalue weighted by Gasteiger charge is -2.23. The smallest absolute Gasteiger partial charge is 0.128 e. The van der Waals surface area contributed by atoms with E-state index in [1.807, 2.05) is 18.2 Å². The molecule has 2 rings (SSSR count). The predicted octanol–water partition coefficient (Wildman–Crippen LogP) is 2.42. The van der Waals surface area contributed by atoms with Gasteiger partial charge in [0.05, 0.1) is 6.20 Å². The maximum Gasteiger partial charge on any atom is 0.128 e. The number of fused-ring (bicyclic) bond motifs is 1. The van der Waals surface area contributed by atoms with Crippen molar-refractivity contribution < 1.29 is 9.84 Å². The van der Waals surface area contributed by atoms with Crippen molar-refractivity contribution in [2.75, 3.05) is 13.2 Å². The third kappa shape index (κ3) is 4.49. The fourth-order valence-corrected chi connectivity index (χ4v) is 2.12. The molecule has 0 aliphatic heterocycles. The van der Waals surface area contributed by atoms with E-state index in [1.54, 1.807) is 6.20 Å². The fraction of sp³-hybridized carbons (Fsp3) is 0.467. The molecule has 1 aromatic carbocycles. The van der Waals surface area contributed by atoms with Crippen LogP contribution in [0.4, 0.5) is 0 Å². The van der Waals surface area contributed by atoms with Crippen LogP contribution in [0.1, 0.15) is 20.8 Å². The molecule has 0 saturated heterocycles. The summed E-state index contributed by atoms with van der Waals surface area (Å²) < 4.78 is 6.29. The molecule has 0 aliphatic rings. The van der Waals surface area contributed by atoms with Gasteiger partial charge in [-0.15, -0.1) is 0 Å². The lowest BCUT2D eigenvalue weighted by atomic mass is 10.1. The summed E-state index contributed by atoms with van der Waals surface area (Å²) in [6.45, 7) is 6.86. The Morgan fingerprint density at radius 2 is 2.14 bits per heavy atom. The Balaban J connectivity index is 2.04. The fourth-order valence-electron chi connectivity index (χ4n) is 1.89. The van der Waals surface area contributed by atoms with Crippen LogP contribution >= 0.6 is 12.2 Å². The van der Waals surface area contributed by atoms with Gasteiger partial charge in [-0.2, -0.15) is 5.10 Å². The van der Waals surface area contributed by atoms with Crippen LogP contribution in [-0.2, 0) is 0 Å². The first kappa shape index (κ1) is 15.9. The van der Waals surface area contributed by atoms with Gasteiger partial charge in [-0.3, -0.25) is 5.10 Å². The van der Waals surface area contributed by atoms with Gasteiger partial charge in [0.1, 0.15) is 23.1 Å². The number of nitrogens with zero attached hydrogens (tertiary/aromatic N) is 1. The number of aliphatic hydroxyl groups is 1. The second-order valence-electron chi connectivity index (χ2n) is 6.01. The van der Waals surface area contributed by atoms with Crippen LogP contribution in [-0.4, -0.2) is 40.1 Å². The molecule has 0 amide bonds. The van der Waals surface area contributed by atoms with E-state index in [2.05, 4.69) is 36.3 Å². The minimum atomic E-state index is -0.578. The first-order chi connectivity index (χ1) is 9.87. The summed E-state index contributed by atoms with van der Waals surface area (Å²) in [5.41, 5.74) is -0.0304. The molecule has 114 valence electrons. The number of nitrogens with one attached hydrogen (secondary N) is 2. The van der Waals surface area contributed by atoms with Gasteiger partial charge in [0.15, 0.2) is 0 Å². The maximum atomic E-state index is 9.97. The largest absolute Gasteiger partial charge is 0.490 e. The zero-order chi connectivity index (χ0) is 15.5. The molecule has 0 fully saturated rings. The van der Waals surface area contributed by atoms with E-state index < -0.39 is 6.10 Å². The van der Waals surface area contributed by atoms with Crippen LogP contribution in [0.5, 0.6) is 5.75 Å². The molecule has 21 heavy (non-hydrogen) atoms. The van der Waals surface area contributed by atoms with Crippen LogP contribution in [0.25, 0.3) is 10.8 Å². The SMILES string of the molecule is CC(C)(C)NCC(O)COc1cccc2c(=S)[nH]ncc12. The highest BCUT2D eigenvalue weighted by Crippen LogP contribution is 2.24. The number of aromatic amines is 1. The van der Waals surface area contributed by atoms with Crippen molar-refractivity contribution in [2.24, 2.45) is 0 Å². The monoisotopic (exact) mass is 307 g/mol. The summed E-state index contributed by atoms with van der Waals surface area (Å²) in [5.74, 6) is 0.676. The van der Waals surface area contributed by atoms with Crippen LogP contribution in [0.2, 0.25) is 0 Å². The molecule has 0 saturated carbocycles. The summed E-state index contributed by atoms with van der Waals surface area (Å²) >= 11 is 5.20. The first-order valence-corrected chi connectivity index (χ1v) is 7.30. The quantitative estimate of drug-likeness (QED) is 0.740. The highest BCUT2D eigenvalue weighted by Gasteiger charge is 2.13. The molecule has 1 aromatic heterocycles. The highest BCUT2D eigenvalue weighted by molar-refractivity contribution is 7.71. The number of hydrogen-bond donors (Lipinski definition) is 3. The van der Waals surface area contributed by atoms with Gasteiger partial charge in [-0.05, 0) is 26.8 Å². The summed E-state index contributed by atoms with van der Waals surface area (Å²) in [7, 11) is 0. The zero-order valence-corrected chi connectivity index (χ0v) is 13.3. The van der Waals surface area contributed by atoms with Crippen molar-refractivity contribution in [3.8, 4) is 5.75 Å². The van der Waals surface area contributed by atoms with E-state index in [0.717, 1.165) is 10.8 Å². The van der Waals surface area contributed by atoms with Crippen LogP contribution < -0.4 is 10.1 Å². The standard InChI is InChI=1S/C15H21N3O2S/c1-15(2,3)16-7-10(19)9-20-13-6-4-5-11-12(13)8-17-18-14(11)21/h4-6,8,10,16,19H,7,9H2,1-3H3,(H,18,21). The van der Waals surface area contributed by atoms with Gasteiger partial charge in [-0.1, -0.05) is 24.4 Å². The number of benzene rings is 1. The topological polar surface area (TPSA) is 70.2 Å². The Morgan fingerprint density at radius 1 is 1.38 bits per heavy atom. The van der Waals surface area contributed by atoms with E-state index in [4.69, 9.17) is 17.0 Å².